The Hall–Kier alpha value is -2.02. The summed E-state index contributed by atoms with van der Waals surface area (Å²) in [7, 11) is 1.67. The first kappa shape index (κ1) is 13.4. The zero-order chi connectivity index (χ0) is 14.0. The van der Waals surface area contributed by atoms with Gasteiger partial charge in [-0.2, -0.15) is 5.10 Å². The molecule has 2 aromatic rings. The maximum Gasteiger partial charge on any atom is 0.573 e. The van der Waals surface area contributed by atoms with Gasteiger partial charge in [0.2, 0.25) is 0 Å². The molecule has 0 saturated carbocycles. The molecule has 0 saturated heterocycles. The smallest absolute Gasteiger partial charge is 0.406 e. The molecule has 1 aromatic heterocycles. The van der Waals surface area contributed by atoms with E-state index in [1.165, 1.54) is 16.9 Å². The molecule has 2 rings (SSSR count). The van der Waals surface area contributed by atoms with Crippen LogP contribution in [-0.2, 0) is 13.7 Å². The molecule has 1 N–H and O–H groups in total. The Morgan fingerprint density at radius 1 is 1.32 bits per heavy atom. The average molecular weight is 272 g/mol. The molecule has 0 aliphatic rings. The van der Waals surface area contributed by atoms with Crippen molar-refractivity contribution in [2.45, 2.75) is 13.0 Å². The zero-order valence-corrected chi connectivity index (χ0v) is 9.98. The van der Waals surface area contributed by atoms with Crippen LogP contribution in [0.15, 0.2) is 30.5 Å². The van der Waals surface area contributed by atoms with Gasteiger partial charge in [-0.1, -0.05) is 0 Å². The summed E-state index contributed by atoms with van der Waals surface area (Å²) in [5, 5.41) is 13.0. The van der Waals surface area contributed by atoms with Crippen molar-refractivity contribution >= 4 is 0 Å². The predicted octanol–water partition coefficient (Wildman–Crippen LogP) is 2.48. The van der Waals surface area contributed by atoms with E-state index in [0.717, 1.165) is 6.07 Å². The van der Waals surface area contributed by atoms with Gasteiger partial charge in [-0.3, -0.25) is 4.68 Å². The van der Waals surface area contributed by atoms with E-state index < -0.39 is 6.36 Å². The summed E-state index contributed by atoms with van der Waals surface area (Å²) in [6.07, 6.45) is -3.23. The maximum atomic E-state index is 12.2. The van der Waals surface area contributed by atoms with Crippen molar-refractivity contribution in [1.29, 1.82) is 0 Å². The molecule has 0 unspecified atom stereocenters. The topological polar surface area (TPSA) is 47.3 Å². The fourth-order valence-electron chi connectivity index (χ4n) is 1.75. The lowest BCUT2D eigenvalue weighted by Crippen LogP contribution is -2.17. The van der Waals surface area contributed by atoms with E-state index in [1.54, 1.807) is 19.2 Å². The number of alkyl halides is 3. The van der Waals surface area contributed by atoms with Crippen molar-refractivity contribution in [1.82, 2.24) is 9.78 Å². The minimum atomic E-state index is -4.77. The third kappa shape index (κ3) is 3.25. The lowest BCUT2D eigenvalue weighted by atomic mass is 10.1. The summed E-state index contributed by atoms with van der Waals surface area (Å²) in [5.41, 5.74) is 1.45. The molecule has 0 bridgehead atoms. The van der Waals surface area contributed by atoms with Crippen molar-refractivity contribution in [2.24, 2.45) is 7.05 Å². The first-order valence-corrected chi connectivity index (χ1v) is 5.38. The summed E-state index contributed by atoms with van der Waals surface area (Å²) >= 11 is 0. The van der Waals surface area contributed by atoms with Gasteiger partial charge in [0.15, 0.2) is 0 Å². The number of benzene rings is 1. The number of nitrogens with zero attached hydrogens (tertiary/aromatic N) is 2. The Bertz CT molecular complexity index is 579. The minimum Gasteiger partial charge on any atom is -0.406 e. The van der Waals surface area contributed by atoms with E-state index in [9.17, 15) is 13.2 Å². The molecule has 7 heteroatoms. The summed E-state index contributed by atoms with van der Waals surface area (Å²) in [4.78, 5) is 0. The van der Waals surface area contributed by atoms with Crippen LogP contribution in [-0.4, -0.2) is 21.2 Å². The van der Waals surface area contributed by atoms with Crippen LogP contribution in [0.2, 0.25) is 0 Å². The van der Waals surface area contributed by atoms with E-state index >= 15 is 0 Å². The third-order valence-corrected chi connectivity index (χ3v) is 2.50. The van der Waals surface area contributed by atoms with Gasteiger partial charge in [0.05, 0.1) is 12.3 Å². The fraction of sp³-hybridized carbons (Fsp3) is 0.250. The molecule has 102 valence electrons. The second kappa shape index (κ2) is 4.93. The number of rotatable bonds is 3. The number of hydrogen-bond donors (Lipinski definition) is 1. The van der Waals surface area contributed by atoms with E-state index in [-0.39, 0.29) is 12.4 Å². The molecule has 19 heavy (non-hydrogen) atoms. The Morgan fingerprint density at radius 2 is 2.05 bits per heavy atom. The highest BCUT2D eigenvalue weighted by Crippen LogP contribution is 2.29. The number of aliphatic hydroxyl groups excluding tert-OH is 1. The van der Waals surface area contributed by atoms with Crippen molar-refractivity contribution in [3.63, 3.8) is 0 Å². The quantitative estimate of drug-likeness (QED) is 0.933. The van der Waals surface area contributed by atoms with Gasteiger partial charge < -0.3 is 9.84 Å². The number of aliphatic hydroxyl groups is 1. The largest absolute Gasteiger partial charge is 0.573 e. The standard InChI is InChI=1S/C12H11F3N2O2/c1-17-11(2-3-16-17)9-4-8(7-18)5-10(6-9)19-12(13,14)15/h2-6,18H,7H2,1H3. The van der Waals surface area contributed by atoms with Gasteiger partial charge in [-0.15, -0.1) is 13.2 Å². The molecule has 0 atom stereocenters. The van der Waals surface area contributed by atoms with Gasteiger partial charge in [0.1, 0.15) is 5.75 Å². The highest BCUT2D eigenvalue weighted by atomic mass is 19.4. The summed E-state index contributed by atoms with van der Waals surface area (Å²) in [6, 6.07) is 5.64. The first-order valence-electron chi connectivity index (χ1n) is 5.38. The highest BCUT2D eigenvalue weighted by Gasteiger charge is 2.31. The molecule has 1 aromatic carbocycles. The maximum absolute atomic E-state index is 12.2. The second-order valence-electron chi connectivity index (χ2n) is 3.91. The van der Waals surface area contributed by atoms with Crippen LogP contribution in [0.1, 0.15) is 5.56 Å². The zero-order valence-electron chi connectivity index (χ0n) is 9.98. The van der Waals surface area contributed by atoms with Crippen LogP contribution >= 0.6 is 0 Å². The molecule has 0 spiro atoms. The molecular formula is C12H11F3N2O2. The average Bonchev–Trinajstić information content (AvgIpc) is 2.72. The minimum absolute atomic E-state index is 0.331. The number of ether oxygens (including phenoxy) is 1. The number of hydrogen-bond acceptors (Lipinski definition) is 3. The van der Waals surface area contributed by atoms with Gasteiger partial charge in [0, 0.05) is 18.8 Å². The lowest BCUT2D eigenvalue weighted by molar-refractivity contribution is -0.274. The van der Waals surface area contributed by atoms with E-state index in [2.05, 4.69) is 9.84 Å². The third-order valence-electron chi connectivity index (χ3n) is 2.50. The van der Waals surface area contributed by atoms with Gasteiger partial charge >= 0.3 is 6.36 Å². The van der Waals surface area contributed by atoms with Crippen molar-refractivity contribution < 1.29 is 23.0 Å². The molecule has 0 radical (unpaired) electrons. The van der Waals surface area contributed by atoms with Crippen molar-refractivity contribution in [3.8, 4) is 17.0 Å². The summed E-state index contributed by atoms with van der Waals surface area (Å²) in [5.74, 6) is -0.366. The Morgan fingerprint density at radius 3 is 2.58 bits per heavy atom. The first-order chi connectivity index (χ1) is 8.89. The van der Waals surface area contributed by atoms with Crippen LogP contribution < -0.4 is 4.74 Å². The highest BCUT2D eigenvalue weighted by molar-refractivity contribution is 5.62. The Kier molecular flexibility index (Phi) is 3.48. The van der Waals surface area contributed by atoms with Crippen LogP contribution in [0.5, 0.6) is 5.75 Å². The molecular weight excluding hydrogens is 261 g/mol. The van der Waals surface area contributed by atoms with Gasteiger partial charge in [-0.25, -0.2) is 0 Å². The van der Waals surface area contributed by atoms with Crippen molar-refractivity contribution in [2.75, 3.05) is 0 Å². The monoisotopic (exact) mass is 272 g/mol. The summed E-state index contributed by atoms with van der Waals surface area (Å²) in [6.45, 7) is -0.375. The molecule has 0 aliphatic carbocycles. The van der Waals surface area contributed by atoms with Crippen LogP contribution in [0.25, 0.3) is 11.3 Å². The van der Waals surface area contributed by atoms with Crippen LogP contribution in [0.3, 0.4) is 0 Å². The predicted molar refractivity (Wildman–Crippen MR) is 61.2 cm³/mol. The number of aromatic nitrogens is 2. The Labute approximate surface area is 107 Å². The summed E-state index contributed by atoms with van der Waals surface area (Å²) < 4.78 is 42.1. The van der Waals surface area contributed by atoms with E-state index in [0.29, 0.717) is 16.8 Å². The normalized spacial score (nSPS) is 11.6. The van der Waals surface area contributed by atoms with E-state index in [4.69, 9.17) is 5.11 Å². The van der Waals surface area contributed by atoms with Gasteiger partial charge in [0.25, 0.3) is 0 Å². The second-order valence-corrected chi connectivity index (χ2v) is 3.91. The molecule has 0 amide bonds. The lowest BCUT2D eigenvalue weighted by Gasteiger charge is -2.12. The van der Waals surface area contributed by atoms with E-state index in [1.807, 2.05) is 0 Å². The van der Waals surface area contributed by atoms with Gasteiger partial charge in [-0.05, 0) is 29.8 Å². The fourth-order valence-corrected chi connectivity index (χ4v) is 1.75. The van der Waals surface area contributed by atoms with Crippen LogP contribution in [0, 0.1) is 0 Å². The van der Waals surface area contributed by atoms with Crippen molar-refractivity contribution in [3.05, 3.63) is 36.0 Å². The Balaban J connectivity index is 2.45. The molecule has 4 nitrogen and oxygen atoms in total. The SMILES string of the molecule is Cn1nccc1-c1cc(CO)cc(OC(F)(F)F)c1. The molecule has 0 aliphatic heterocycles. The van der Waals surface area contributed by atoms with Crippen LogP contribution in [0.4, 0.5) is 13.2 Å². The molecule has 0 fully saturated rings. The number of halogens is 3. The molecule has 1 heterocycles. The number of aryl methyl sites for hydroxylation is 1.